The number of aromatic nitrogens is 2. The number of rotatable bonds is 5. The molecule has 0 fully saturated rings. The highest BCUT2D eigenvalue weighted by molar-refractivity contribution is 5.84. The minimum atomic E-state index is -0.0399. The maximum Gasteiger partial charge on any atom is 0.160 e. The molecule has 0 aliphatic heterocycles. The highest BCUT2D eigenvalue weighted by Crippen LogP contribution is 2.49. The average Bonchev–Trinajstić information content (AvgIpc) is 3.34. The van der Waals surface area contributed by atoms with Crippen LogP contribution in [0.2, 0.25) is 0 Å². The molecule has 0 saturated carbocycles. The van der Waals surface area contributed by atoms with Gasteiger partial charge in [0, 0.05) is 22.1 Å². The van der Waals surface area contributed by atoms with E-state index in [2.05, 4.69) is 159 Å². The van der Waals surface area contributed by atoms with Crippen molar-refractivity contribution < 1.29 is 0 Å². The van der Waals surface area contributed by atoms with Gasteiger partial charge < -0.3 is 0 Å². The second-order valence-electron chi connectivity index (χ2n) is 12.3. The zero-order valence-electron chi connectivity index (χ0n) is 25.4. The molecule has 0 amide bonds. The van der Waals surface area contributed by atoms with Crippen LogP contribution >= 0.6 is 0 Å². The SMILES string of the molecule is CC1(C)c2ccccc2-c2ccc(-c3cccc(-c4cc(-c5ccccc5)nc(-c5ccc(-c6ccccc6)cc5)n4)c3)cc21. The van der Waals surface area contributed by atoms with Gasteiger partial charge in [0.05, 0.1) is 11.4 Å². The van der Waals surface area contributed by atoms with E-state index >= 15 is 0 Å². The Morgan fingerprint density at radius 3 is 1.62 bits per heavy atom. The summed E-state index contributed by atoms with van der Waals surface area (Å²) in [5.74, 6) is 0.716. The minimum absolute atomic E-state index is 0.0399. The lowest BCUT2D eigenvalue weighted by atomic mass is 9.81. The van der Waals surface area contributed by atoms with E-state index < -0.39 is 0 Å². The van der Waals surface area contributed by atoms with Crippen molar-refractivity contribution in [2.75, 3.05) is 0 Å². The van der Waals surface area contributed by atoms with E-state index in [9.17, 15) is 0 Å². The van der Waals surface area contributed by atoms with Gasteiger partial charge in [0.25, 0.3) is 0 Å². The second kappa shape index (κ2) is 10.8. The molecule has 2 nitrogen and oxygen atoms in total. The van der Waals surface area contributed by atoms with Gasteiger partial charge in [-0.2, -0.15) is 0 Å². The molecule has 6 aromatic carbocycles. The molecular formula is C43H32N2. The summed E-state index contributed by atoms with van der Waals surface area (Å²) in [6.07, 6.45) is 0. The Morgan fingerprint density at radius 1 is 0.356 bits per heavy atom. The first-order valence-corrected chi connectivity index (χ1v) is 15.5. The lowest BCUT2D eigenvalue weighted by Crippen LogP contribution is -2.14. The Morgan fingerprint density at radius 2 is 0.867 bits per heavy atom. The normalized spacial score (nSPS) is 12.8. The average molecular weight is 577 g/mol. The van der Waals surface area contributed by atoms with Crippen molar-refractivity contribution >= 4 is 0 Å². The van der Waals surface area contributed by atoms with Crippen LogP contribution in [0.5, 0.6) is 0 Å². The lowest BCUT2D eigenvalue weighted by Gasteiger charge is -2.22. The van der Waals surface area contributed by atoms with Gasteiger partial charge in [-0.05, 0) is 62.7 Å². The Hall–Kier alpha value is -5.60. The summed E-state index contributed by atoms with van der Waals surface area (Å²) < 4.78 is 0. The molecule has 0 bridgehead atoms. The van der Waals surface area contributed by atoms with Gasteiger partial charge in [-0.1, -0.05) is 153 Å². The van der Waals surface area contributed by atoms with Gasteiger partial charge in [-0.3, -0.25) is 0 Å². The Labute approximate surface area is 264 Å². The summed E-state index contributed by atoms with van der Waals surface area (Å²) in [6, 6.07) is 55.9. The van der Waals surface area contributed by atoms with Crippen LogP contribution in [0, 0.1) is 0 Å². The molecule has 0 saturated heterocycles. The van der Waals surface area contributed by atoms with E-state index in [0.717, 1.165) is 28.1 Å². The van der Waals surface area contributed by atoms with Crippen LogP contribution < -0.4 is 0 Å². The predicted octanol–water partition coefficient (Wildman–Crippen LogP) is 11.1. The van der Waals surface area contributed by atoms with Crippen LogP contribution in [0.15, 0.2) is 158 Å². The van der Waals surface area contributed by atoms with E-state index in [1.807, 2.05) is 12.1 Å². The molecule has 1 aromatic heterocycles. The van der Waals surface area contributed by atoms with Gasteiger partial charge in [-0.25, -0.2) is 9.97 Å². The third-order valence-corrected chi connectivity index (χ3v) is 9.12. The quantitative estimate of drug-likeness (QED) is 0.204. The molecule has 1 aliphatic carbocycles. The van der Waals surface area contributed by atoms with Crippen molar-refractivity contribution in [2.45, 2.75) is 19.3 Å². The molecule has 7 aromatic rings. The molecule has 214 valence electrons. The molecule has 0 radical (unpaired) electrons. The van der Waals surface area contributed by atoms with Gasteiger partial charge in [0.2, 0.25) is 0 Å². The van der Waals surface area contributed by atoms with Crippen LogP contribution in [-0.2, 0) is 5.41 Å². The Bertz CT molecular complexity index is 2160. The highest BCUT2D eigenvalue weighted by Gasteiger charge is 2.35. The van der Waals surface area contributed by atoms with E-state index in [-0.39, 0.29) is 5.41 Å². The number of fused-ring (bicyclic) bond motifs is 3. The highest BCUT2D eigenvalue weighted by atomic mass is 14.9. The minimum Gasteiger partial charge on any atom is -0.228 e. The van der Waals surface area contributed by atoms with Gasteiger partial charge in [-0.15, -0.1) is 0 Å². The Kier molecular flexibility index (Phi) is 6.50. The van der Waals surface area contributed by atoms with Crippen LogP contribution in [0.1, 0.15) is 25.0 Å². The number of hydrogen-bond donors (Lipinski definition) is 0. The number of hydrogen-bond acceptors (Lipinski definition) is 2. The number of nitrogens with zero attached hydrogens (tertiary/aromatic N) is 2. The standard InChI is InChI=1S/C43H32N2/c1-43(2)38-19-10-9-18-36(38)37-25-24-34(27-39(37)43)33-16-11-17-35(26-33)41-28-40(31-14-7-4-8-15-31)44-42(45-41)32-22-20-30(21-23-32)29-12-5-3-6-13-29/h3-28H,1-2H3. The summed E-state index contributed by atoms with van der Waals surface area (Å²) in [5, 5.41) is 0. The Balaban J connectivity index is 1.21. The third-order valence-electron chi connectivity index (χ3n) is 9.12. The summed E-state index contributed by atoms with van der Waals surface area (Å²) >= 11 is 0. The zero-order valence-corrected chi connectivity index (χ0v) is 25.4. The molecule has 2 heteroatoms. The first-order valence-electron chi connectivity index (χ1n) is 15.5. The van der Waals surface area contributed by atoms with Crippen molar-refractivity contribution in [3.63, 3.8) is 0 Å². The van der Waals surface area contributed by atoms with Gasteiger partial charge >= 0.3 is 0 Å². The molecule has 45 heavy (non-hydrogen) atoms. The molecule has 0 N–H and O–H groups in total. The van der Waals surface area contributed by atoms with Crippen molar-refractivity contribution in [3.05, 3.63) is 169 Å². The van der Waals surface area contributed by atoms with Crippen molar-refractivity contribution in [3.8, 4) is 67.3 Å². The first-order chi connectivity index (χ1) is 22.0. The molecule has 1 aliphatic rings. The van der Waals surface area contributed by atoms with Crippen LogP contribution in [0.4, 0.5) is 0 Å². The monoisotopic (exact) mass is 576 g/mol. The van der Waals surface area contributed by atoms with Gasteiger partial charge in [0.15, 0.2) is 5.82 Å². The molecular weight excluding hydrogens is 544 g/mol. The fourth-order valence-corrected chi connectivity index (χ4v) is 6.67. The summed E-state index contributed by atoms with van der Waals surface area (Å²) in [4.78, 5) is 10.2. The maximum absolute atomic E-state index is 5.13. The smallest absolute Gasteiger partial charge is 0.160 e. The van der Waals surface area contributed by atoms with Crippen molar-refractivity contribution in [2.24, 2.45) is 0 Å². The zero-order chi connectivity index (χ0) is 30.4. The summed E-state index contributed by atoms with van der Waals surface area (Å²) in [5.41, 5.74) is 15.1. The molecule has 8 rings (SSSR count). The molecule has 0 unspecified atom stereocenters. The van der Waals surface area contributed by atoms with E-state index in [0.29, 0.717) is 5.82 Å². The molecule has 1 heterocycles. The fraction of sp³-hybridized carbons (Fsp3) is 0.0698. The van der Waals surface area contributed by atoms with Crippen molar-refractivity contribution in [1.82, 2.24) is 9.97 Å². The fourth-order valence-electron chi connectivity index (χ4n) is 6.67. The predicted molar refractivity (Wildman–Crippen MR) is 187 cm³/mol. The van der Waals surface area contributed by atoms with Crippen LogP contribution in [0.3, 0.4) is 0 Å². The van der Waals surface area contributed by atoms with Crippen LogP contribution in [0.25, 0.3) is 67.3 Å². The van der Waals surface area contributed by atoms with E-state index in [1.165, 1.54) is 44.5 Å². The van der Waals surface area contributed by atoms with Gasteiger partial charge in [0.1, 0.15) is 0 Å². The molecule has 0 spiro atoms. The lowest BCUT2D eigenvalue weighted by molar-refractivity contribution is 0.660. The maximum atomic E-state index is 5.13. The second-order valence-corrected chi connectivity index (χ2v) is 12.3. The first kappa shape index (κ1) is 27.0. The third kappa shape index (κ3) is 4.85. The summed E-state index contributed by atoms with van der Waals surface area (Å²) in [7, 11) is 0. The topological polar surface area (TPSA) is 25.8 Å². The summed E-state index contributed by atoms with van der Waals surface area (Å²) in [6.45, 7) is 4.66. The largest absolute Gasteiger partial charge is 0.228 e. The van der Waals surface area contributed by atoms with E-state index in [1.54, 1.807) is 0 Å². The molecule has 0 atom stereocenters. The number of benzene rings is 6. The van der Waals surface area contributed by atoms with E-state index in [4.69, 9.17) is 9.97 Å². The van der Waals surface area contributed by atoms with Crippen molar-refractivity contribution in [1.29, 1.82) is 0 Å². The van der Waals surface area contributed by atoms with Crippen LogP contribution in [-0.4, -0.2) is 9.97 Å².